The first-order valence-electron chi connectivity index (χ1n) is 6.60. The molecule has 2 aliphatic rings. The van der Waals surface area contributed by atoms with Gasteiger partial charge in [0.2, 0.25) is 0 Å². The Morgan fingerprint density at radius 2 is 1.94 bits per heavy atom. The number of nitrogens with one attached hydrogen (secondary N) is 3. The average molecular weight is 249 g/mol. The van der Waals surface area contributed by atoms with Crippen LogP contribution < -0.4 is 16.4 Å². The van der Waals surface area contributed by atoms with Crippen LogP contribution in [0.5, 0.6) is 0 Å². The summed E-state index contributed by atoms with van der Waals surface area (Å²) in [5.74, 6) is 2.13. The predicted octanol–water partition coefficient (Wildman–Crippen LogP) is 0.954. The van der Waals surface area contributed by atoms with E-state index in [1.807, 2.05) is 0 Å². The van der Waals surface area contributed by atoms with E-state index in [0.717, 1.165) is 19.0 Å². The first-order chi connectivity index (χ1) is 8.72. The molecule has 0 bridgehead atoms. The van der Waals surface area contributed by atoms with Crippen molar-refractivity contribution in [3.63, 3.8) is 0 Å². The summed E-state index contributed by atoms with van der Waals surface area (Å²) in [4.78, 5) is 18.9. The number of aromatic amines is 1. The largest absolute Gasteiger partial charge is 0.369 e. The van der Waals surface area contributed by atoms with E-state index in [2.05, 4.69) is 20.6 Å². The van der Waals surface area contributed by atoms with Crippen LogP contribution in [0.25, 0.3) is 0 Å². The van der Waals surface area contributed by atoms with Gasteiger partial charge in [-0.2, -0.15) is 4.98 Å². The molecule has 98 valence electrons. The van der Waals surface area contributed by atoms with Gasteiger partial charge in [-0.15, -0.1) is 0 Å². The van der Waals surface area contributed by atoms with Gasteiger partial charge in [0.15, 0.2) is 11.8 Å². The molecule has 2 saturated carbocycles. The van der Waals surface area contributed by atoms with Gasteiger partial charge in [0, 0.05) is 13.1 Å². The Labute approximate surface area is 106 Å². The van der Waals surface area contributed by atoms with Gasteiger partial charge in [0.1, 0.15) is 5.69 Å². The van der Waals surface area contributed by atoms with Gasteiger partial charge in [-0.05, 0) is 37.5 Å². The number of imidazole rings is 1. The molecular formula is C12H19N5O. The maximum absolute atomic E-state index is 12.0. The molecule has 18 heavy (non-hydrogen) atoms. The lowest BCUT2D eigenvalue weighted by molar-refractivity contribution is 0.0948. The second-order valence-corrected chi connectivity index (χ2v) is 5.32. The number of amides is 1. The van der Waals surface area contributed by atoms with Crippen molar-refractivity contribution in [2.24, 2.45) is 11.8 Å². The number of aromatic nitrogens is 2. The third kappa shape index (κ3) is 2.75. The third-order valence-corrected chi connectivity index (χ3v) is 3.45. The minimum Gasteiger partial charge on any atom is -0.369 e. The van der Waals surface area contributed by atoms with Gasteiger partial charge in [-0.25, -0.2) is 0 Å². The summed E-state index contributed by atoms with van der Waals surface area (Å²) in [6, 6.07) is 0. The number of carbonyl (C=O) groups excluding carboxylic acids is 1. The quantitative estimate of drug-likeness (QED) is 0.603. The molecule has 1 amide bonds. The summed E-state index contributed by atoms with van der Waals surface area (Å²) < 4.78 is 0. The van der Waals surface area contributed by atoms with Crippen molar-refractivity contribution in [3.8, 4) is 0 Å². The van der Waals surface area contributed by atoms with Crippen LogP contribution in [0.3, 0.4) is 0 Å². The molecule has 0 radical (unpaired) electrons. The molecule has 6 heteroatoms. The van der Waals surface area contributed by atoms with Gasteiger partial charge in [0.05, 0.1) is 0 Å². The highest BCUT2D eigenvalue weighted by Gasteiger charge is 2.25. The lowest BCUT2D eigenvalue weighted by atomic mass is 10.3. The Bertz CT molecular complexity index is 447. The maximum Gasteiger partial charge on any atom is 0.271 e. The molecule has 0 unspecified atom stereocenters. The number of anilines is 2. The van der Waals surface area contributed by atoms with Crippen molar-refractivity contribution < 1.29 is 4.79 Å². The molecule has 1 aromatic rings. The molecule has 0 aliphatic heterocycles. The number of nitrogens with two attached hydrogens (primary N) is 1. The van der Waals surface area contributed by atoms with Crippen molar-refractivity contribution in [3.05, 3.63) is 5.69 Å². The highest BCUT2D eigenvalue weighted by Crippen LogP contribution is 2.29. The molecular weight excluding hydrogens is 230 g/mol. The Morgan fingerprint density at radius 1 is 1.28 bits per heavy atom. The Balaban J connectivity index is 1.61. The first kappa shape index (κ1) is 11.4. The summed E-state index contributed by atoms with van der Waals surface area (Å²) in [5.41, 5.74) is 6.07. The summed E-state index contributed by atoms with van der Waals surface area (Å²) in [6.45, 7) is 1.62. The Kier molecular flexibility index (Phi) is 2.85. The maximum atomic E-state index is 12.0. The fourth-order valence-electron chi connectivity index (χ4n) is 1.89. The summed E-state index contributed by atoms with van der Waals surface area (Å²) >= 11 is 0. The van der Waals surface area contributed by atoms with Crippen LogP contribution in [0.1, 0.15) is 36.2 Å². The SMILES string of the molecule is Nc1nc(NCC2CC2)c(C(=O)NCC2CC2)[nH]1. The molecule has 1 heterocycles. The Morgan fingerprint density at radius 3 is 2.61 bits per heavy atom. The second kappa shape index (κ2) is 4.51. The number of hydrogen-bond donors (Lipinski definition) is 4. The average Bonchev–Trinajstić information content (AvgIpc) is 3.23. The van der Waals surface area contributed by atoms with E-state index in [-0.39, 0.29) is 11.9 Å². The highest BCUT2D eigenvalue weighted by atomic mass is 16.1. The zero-order valence-electron chi connectivity index (χ0n) is 10.3. The van der Waals surface area contributed by atoms with Gasteiger partial charge >= 0.3 is 0 Å². The number of carbonyl (C=O) groups is 1. The molecule has 0 saturated heterocycles. The Hall–Kier alpha value is -1.72. The van der Waals surface area contributed by atoms with E-state index in [9.17, 15) is 4.79 Å². The van der Waals surface area contributed by atoms with Crippen molar-refractivity contribution in [1.82, 2.24) is 15.3 Å². The van der Waals surface area contributed by atoms with Crippen LogP contribution in [0.2, 0.25) is 0 Å². The third-order valence-electron chi connectivity index (χ3n) is 3.45. The lowest BCUT2D eigenvalue weighted by Crippen LogP contribution is -2.26. The molecule has 2 fully saturated rings. The van der Waals surface area contributed by atoms with Crippen molar-refractivity contribution in [2.75, 3.05) is 24.1 Å². The monoisotopic (exact) mass is 249 g/mol. The second-order valence-electron chi connectivity index (χ2n) is 5.32. The van der Waals surface area contributed by atoms with Crippen LogP contribution in [0.15, 0.2) is 0 Å². The van der Waals surface area contributed by atoms with Crippen molar-refractivity contribution in [1.29, 1.82) is 0 Å². The minimum absolute atomic E-state index is 0.121. The number of nitrogens with zero attached hydrogens (tertiary/aromatic N) is 1. The van der Waals surface area contributed by atoms with Gasteiger partial charge in [0.25, 0.3) is 5.91 Å². The fraction of sp³-hybridized carbons (Fsp3) is 0.667. The van der Waals surface area contributed by atoms with E-state index in [1.54, 1.807) is 0 Å². The van der Waals surface area contributed by atoms with Crippen LogP contribution in [-0.4, -0.2) is 29.0 Å². The predicted molar refractivity (Wildman–Crippen MR) is 69.3 cm³/mol. The van der Waals surface area contributed by atoms with Gasteiger partial charge in [-0.1, -0.05) is 0 Å². The van der Waals surface area contributed by atoms with Crippen LogP contribution >= 0.6 is 0 Å². The van der Waals surface area contributed by atoms with Gasteiger partial charge in [-0.3, -0.25) is 4.79 Å². The normalized spacial score (nSPS) is 18.7. The highest BCUT2D eigenvalue weighted by molar-refractivity contribution is 5.97. The van der Waals surface area contributed by atoms with Crippen molar-refractivity contribution in [2.45, 2.75) is 25.7 Å². The summed E-state index contributed by atoms with van der Waals surface area (Å²) in [5, 5.41) is 6.11. The number of nitrogen functional groups attached to an aromatic ring is 1. The smallest absolute Gasteiger partial charge is 0.271 e. The number of H-pyrrole nitrogens is 1. The fourth-order valence-corrected chi connectivity index (χ4v) is 1.89. The van der Waals surface area contributed by atoms with E-state index in [4.69, 9.17) is 5.73 Å². The standard InChI is InChI=1S/C12H19N5O/c13-12-16-9(11(18)15-6-8-3-4-8)10(17-12)14-5-7-1-2-7/h7-8,14H,1-6H2,(H,15,18)(H3,13,16,17). The van der Waals surface area contributed by atoms with Crippen LogP contribution in [-0.2, 0) is 0 Å². The molecule has 1 aromatic heterocycles. The lowest BCUT2D eigenvalue weighted by Gasteiger charge is -2.06. The van der Waals surface area contributed by atoms with Crippen LogP contribution in [0, 0.1) is 11.8 Å². The molecule has 5 N–H and O–H groups in total. The molecule has 3 rings (SSSR count). The van der Waals surface area contributed by atoms with E-state index >= 15 is 0 Å². The molecule has 0 spiro atoms. The number of rotatable bonds is 6. The minimum atomic E-state index is -0.121. The van der Waals surface area contributed by atoms with E-state index in [1.165, 1.54) is 25.7 Å². The molecule has 0 aromatic carbocycles. The number of hydrogen-bond acceptors (Lipinski definition) is 4. The molecule has 2 aliphatic carbocycles. The zero-order chi connectivity index (χ0) is 12.5. The van der Waals surface area contributed by atoms with E-state index in [0.29, 0.717) is 17.4 Å². The molecule has 6 nitrogen and oxygen atoms in total. The van der Waals surface area contributed by atoms with Crippen LogP contribution in [0.4, 0.5) is 11.8 Å². The first-order valence-corrected chi connectivity index (χ1v) is 6.60. The topological polar surface area (TPSA) is 95.8 Å². The van der Waals surface area contributed by atoms with Gasteiger partial charge < -0.3 is 21.4 Å². The summed E-state index contributed by atoms with van der Waals surface area (Å²) in [6.07, 6.45) is 4.96. The molecule has 0 atom stereocenters. The van der Waals surface area contributed by atoms with E-state index < -0.39 is 0 Å². The summed E-state index contributed by atoms with van der Waals surface area (Å²) in [7, 11) is 0. The zero-order valence-corrected chi connectivity index (χ0v) is 10.3. The van der Waals surface area contributed by atoms with Crippen molar-refractivity contribution >= 4 is 17.7 Å².